The molecule has 0 bridgehead atoms. The molecule has 0 fully saturated rings. The van der Waals surface area contributed by atoms with E-state index in [1.165, 1.54) is 6.26 Å². The van der Waals surface area contributed by atoms with Crippen molar-refractivity contribution in [2.45, 2.75) is 6.61 Å². The van der Waals surface area contributed by atoms with Crippen molar-refractivity contribution >= 4 is 0 Å². The zero-order valence-electron chi connectivity index (χ0n) is 6.16. The molecule has 0 aliphatic carbocycles. The Bertz CT molecular complexity index is 250. The average molecular weight is 147 g/mol. The first-order chi connectivity index (χ1) is 5.43. The first kappa shape index (κ1) is 7.58. The lowest BCUT2D eigenvalue weighted by molar-refractivity contribution is 0.233. The minimum Gasteiger partial charge on any atom is -0.487 e. The molecule has 0 N–H and O–H groups in total. The number of rotatable bonds is 3. The standard InChI is InChI=1S/C9H9NO/c1-2-7-11-8-9-5-3-4-6-10-9/h3-7H,1,8H2. The molecule has 1 aromatic rings. The van der Waals surface area contributed by atoms with Crippen molar-refractivity contribution in [2.75, 3.05) is 0 Å². The summed E-state index contributed by atoms with van der Waals surface area (Å²) in [6.45, 7) is 3.84. The van der Waals surface area contributed by atoms with Crippen molar-refractivity contribution in [3.63, 3.8) is 0 Å². The summed E-state index contributed by atoms with van der Waals surface area (Å²) in [6, 6.07) is 5.69. The Hall–Kier alpha value is -1.53. The molecule has 1 heterocycles. The number of hydrogen-bond donors (Lipinski definition) is 0. The van der Waals surface area contributed by atoms with Gasteiger partial charge in [0.1, 0.15) is 12.9 Å². The fourth-order valence-corrected chi connectivity index (χ4v) is 0.669. The van der Waals surface area contributed by atoms with Gasteiger partial charge in [-0.15, -0.1) is 0 Å². The van der Waals surface area contributed by atoms with Crippen LogP contribution in [0.5, 0.6) is 0 Å². The van der Waals surface area contributed by atoms with E-state index in [0.29, 0.717) is 6.61 Å². The summed E-state index contributed by atoms with van der Waals surface area (Å²) < 4.78 is 5.01. The topological polar surface area (TPSA) is 22.1 Å². The third-order valence-corrected chi connectivity index (χ3v) is 1.12. The van der Waals surface area contributed by atoms with Gasteiger partial charge >= 0.3 is 0 Å². The van der Waals surface area contributed by atoms with Crippen LogP contribution in [0.15, 0.2) is 43.0 Å². The van der Waals surface area contributed by atoms with E-state index in [0.717, 1.165) is 5.69 Å². The molecule has 0 aromatic carbocycles. The quantitative estimate of drug-likeness (QED) is 0.481. The number of ether oxygens (including phenoxy) is 1. The molecule has 11 heavy (non-hydrogen) atoms. The van der Waals surface area contributed by atoms with E-state index in [2.05, 4.69) is 17.3 Å². The number of pyridine rings is 1. The minimum atomic E-state index is 0.476. The molecule has 0 saturated carbocycles. The van der Waals surface area contributed by atoms with E-state index < -0.39 is 0 Å². The van der Waals surface area contributed by atoms with Crippen molar-refractivity contribution in [1.29, 1.82) is 0 Å². The van der Waals surface area contributed by atoms with Crippen LogP contribution >= 0.6 is 0 Å². The van der Waals surface area contributed by atoms with Crippen molar-refractivity contribution in [3.05, 3.63) is 48.7 Å². The summed E-state index contributed by atoms with van der Waals surface area (Å²) >= 11 is 0. The van der Waals surface area contributed by atoms with Gasteiger partial charge < -0.3 is 4.74 Å². The lowest BCUT2D eigenvalue weighted by Crippen LogP contribution is -1.88. The first-order valence-electron chi connectivity index (χ1n) is 3.29. The predicted molar refractivity (Wildman–Crippen MR) is 42.7 cm³/mol. The summed E-state index contributed by atoms with van der Waals surface area (Å²) in [5.41, 5.74) is 3.41. The van der Waals surface area contributed by atoms with Gasteiger partial charge in [-0.25, -0.2) is 0 Å². The summed E-state index contributed by atoms with van der Waals surface area (Å²) in [6.07, 6.45) is 3.16. The van der Waals surface area contributed by atoms with Gasteiger partial charge in [0.15, 0.2) is 0 Å². The van der Waals surface area contributed by atoms with Crippen LogP contribution in [0.25, 0.3) is 0 Å². The minimum absolute atomic E-state index is 0.476. The summed E-state index contributed by atoms with van der Waals surface area (Å²) in [5.74, 6) is 0. The van der Waals surface area contributed by atoms with Crippen LogP contribution in [-0.2, 0) is 11.3 Å². The highest BCUT2D eigenvalue weighted by atomic mass is 16.5. The predicted octanol–water partition coefficient (Wildman–Crippen LogP) is 1.90. The van der Waals surface area contributed by atoms with E-state index in [9.17, 15) is 0 Å². The molecule has 0 atom stereocenters. The molecule has 0 spiro atoms. The van der Waals surface area contributed by atoms with Crippen LogP contribution in [0.1, 0.15) is 5.69 Å². The third kappa shape index (κ3) is 2.70. The number of hydrogen-bond acceptors (Lipinski definition) is 2. The summed E-state index contributed by atoms with van der Waals surface area (Å²) in [7, 11) is 0. The lowest BCUT2D eigenvalue weighted by atomic mass is 10.4. The van der Waals surface area contributed by atoms with Gasteiger partial charge in [0.25, 0.3) is 0 Å². The molecule has 56 valence electrons. The van der Waals surface area contributed by atoms with Gasteiger partial charge in [-0.2, -0.15) is 0 Å². The Morgan fingerprint density at radius 2 is 2.55 bits per heavy atom. The maximum Gasteiger partial charge on any atom is 0.130 e. The Labute approximate surface area is 65.8 Å². The highest BCUT2D eigenvalue weighted by Gasteiger charge is 1.88. The second kappa shape index (κ2) is 4.31. The number of aromatic nitrogens is 1. The Balaban J connectivity index is 2.45. The molecule has 0 radical (unpaired) electrons. The Morgan fingerprint density at radius 3 is 3.18 bits per heavy atom. The van der Waals surface area contributed by atoms with Crippen LogP contribution in [0.3, 0.4) is 0 Å². The zero-order valence-corrected chi connectivity index (χ0v) is 6.16. The molecule has 0 aliphatic rings. The Kier molecular flexibility index (Phi) is 2.97. The highest BCUT2D eigenvalue weighted by molar-refractivity contribution is 5.01. The molecule has 0 amide bonds. The number of nitrogens with zero attached hydrogens (tertiary/aromatic N) is 1. The smallest absolute Gasteiger partial charge is 0.130 e. The van der Waals surface area contributed by atoms with Crippen molar-refractivity contribution in [3.8, 4) is 0 Å². The van der Waals surface area contributed by atoms with Gasteiger partial charge in [-0.1, -0.05) is 18.4 Å². The molecular weight excluding hydrogens is 138 g/mol. The average Bonchev–Trinajstić information content (AvgIpc) is 2.07. The second-order valence-electron chi connectivity index (χ2n) is 1.95. The van der Waals surface area contributed by atoms with E-state index in [-0.39, 0.29) is 0 Å². The van der Waals surface area contributed by atoms with E-state index in [1.54, 1.807) is 6.20 Å². The van der Waals surface area contributed by atoms with Crippen molar-refractivity contribution in [2.24, 2.45) is 0 Å². The lowest BCUT2D eigenvalue weighted by Gasteiger charge is -1.96. The third-order valence-electron chi connectivity index (χ3n) is 1.12. The maximum absolute atomic E-state index is 5.01. The van der Waals surface area contributed by atoms with Crippen LogP contribution < -0.4 is 0 Å². The van der Waals surface area contributed by atoms with Gasteiger partial charge in [-0.05, 0) is 12.1 Å². The maximum atomic E-state index is 5.01. The highest BCUT2D eigenvalue weighted by Crippen LogP contribution is 1.95. The van der Waals surface area contributed by atoms with Gasteiger partial charge in [0.05, 0.1) is 5.69 Å². The molecule has 2 heteroatoms. The van der Waals surface area contributed by atoms with Crippen LogP contribution in [0, 0.1) is 0 Å². The van der Waals surface area contributed by atoms with Crippen LogP contribution in [0.2, 0.25) is 0 Å². The molecular formula is C9H9NO. The van der Waals surface area contributed by atoms with E-state index >= 15 is 0 Å². The van der Waals surface area contributed by atoms with Crippen LogP contribution in [-0.4, -0.2) is 4.98 Å². The van der Waals surface area contributed by atoms with Gasteiger partial charge in [0.2, 0.25) is 0 Å². The van der Waals surface area contributed by atoms with E-state index in [1.807, 2.05) is 18.2 Å². The van der Waals surface area contributed by atoms with Gasteiger partial charge in [0, 0.05) is 6.20 Å². The monoisotopic (exact) mass is 147 g/mol. The molecule has 0 aliphatic heterocycles. The molecule has 0 saturated heterocycles. The largest absolute Gasteiger partial charge is 0.487 e. The van der Waals surface area contributed by atoms with E-state index in [4.69, 9.17) is 4.74 Å². The van der Waals surface area contributed by atoms with Crippen molar-refractivity contribution < 1.29 is 4.74 Å². The Morgan fingerprint density at radius 1 is 1.64 bits per heavy atom. The summed E-state index contributed by atoms with van der Waals surface area (Å²) in [4.78, 5) is 4.06. The zero-order chi connectivity index (χ0) is 7.94. The summed E-state index contributed by atoms with van der Waals surface area (Å²) in [5, 5.41) is 0. The SMILES string of the molecule is C=C=COCc1ccccn1. The molecule has 0 unspecified atom stereocenters. The van der Waals surface area contributed by atoms with Crippen LogP contribution in [0.4, 0.5) is 0 Å². The van der Waals surface area contributed by atoms with Crippen molar-refractivity contribution in [1.82, 2.24) is 4.98 Å². The molecule has 2 nitrogen and oxygen atoms in total. The second-order valence-corrected chi connectivity index (χ2v) is 1.95. The fraction of sp³-hybridized carbons (Fsp3) is 0.111. The first-order valence-corrected chi connectivity index (χ1v) is 3.29. The van der Waals surface area contributed by atoms with Gasteiger partial charge in [-0.3, -0.25) is 4.98 Å². The normalized spacial score (nSPS) is 8.36. The fourth-order valence-electron chi connectivity index (χ4n) is 0.669. The molecule has 1 rings (SSSR count). The molecule has 1 aromatic heterocycles.